The van der Waals surface area contributed by atoms with Crippen LogP contribution in [0.5, 0.6) is 5.75 Å². The summed E-state index contributed by atoms with van der Waals surface area (Å²) in [5, 5.41) is 2.73. The van der Waals surface area contributed by atoms with Crippen LogP contribution in [0, 0.1) is 5.92 Å². The van der Waals surface area contributed by atoms with Crippen LogP contribution in [0.2, 0.25) is 0 Å². The minimum Gasteiger partial charge on any atom is -0.495 e. The summed E-state index contributed by atoms with van der Waals surface area (Å²) < 4.78 is 35.9. The highest BCUT2D eigenvalue weighted by atomic mass is 32.2. The fraction of sp³-hybridized carbons (Fsp3) is 0.474. The molecule has 1 aromatic carbocycles. The van der Waals surface area contributed by atoms with E-state index in [1.54, 1.807) is 6.07 Å². The molecule has 0 aliphatic carbocycles. The molecular weight excluding hydrogens is 384 g/mol. The van der Waals surface area contributed by atoms with E-state index >= 15 is 0 Å². The van der Waals surface area contributed by atoms with Crippen molar-refractivity contribution in [2.75, 3.05) is 27.8 Å². The summed E-state index contributed by atoms with van der Waals surface area (Å²) in [7, 11) is 0.495. The van der Waals surface area contributed by atoms with Crippen LogP contribution in [-0.4, -0.2) is 58.5 Å². The lowest BCUT2D eigenvalue weighted by Crippen LogP contribution is -2.38. The Morgan fingerprint density at radius 1 is 1.21 bits per heavy atom. The van der Waals surface area contributed by atoms with Gasteiger partial charge in [-0.3, -0.25) is 4.79 Å². The third-order valence-corrected chi connectivity index (χ3v) is 5.93. The molecule has 0 fully saturated rings. The first-order chi connectivity index (χ1) is 13.0. The van der Waals surface area contributed by atoms with E-state index in [9.17, 15) is 18.0 Å². The Morgan fingerprint density at radius 2 is 1.86 bits per heavy atom. The van der Waals surface area contributed by atoms with Crippen molar-refractivity contribution in [3.05, 3.63) is 29.8 Å². The zero-order valence-corrected chi connectivity index (χ0v) is 17.9. The maximum atomic E-state index is 12.4. The molecule has 0 aliphatic heterocycles. The zero-order chi connectivity index (χ0) is 21.5. The Morgan fingerprint density at radius 3 is 2.39 bits per heavy atom. The highest BCUT2D eigenvalue weighted by Gasteiger charge is 2.22. The Kier molecular flexibility index (Phi) is 8.64. The van der Waals surface area contributed by atoms with E-state index in [1.165, 1.54) is 39.4 Å². The number of nitrogens with zero attached hydrogens (tertiary/aromatic N) is 1. The Labute approximate surface area is 166 Å². The molecule has 1 amide bonds. The topological polar surface area (TPSA) is 102 Å². The second-order valence-electron chi connectivity index (χ2n) is 6.74. The summed E-state index contributed by atoms with van der Waals surface area (Å²) >= 11 is 0. The molecule has 0 saturated carbocycles. The summed E-state index contributed by atoms with van der Waals surface area (Å²) in [6.07, 6.45) is 2.54. The van der Waals surface area contributed by atoms with Gasteiger partial charge in [-0.05, 0) is 36.6 Å². The molecular formula is C19H28N2O6S. The van der Waals surface area contributed by atoms with Gasteiger partial charge in [-0.1, -0.05) is 19.9 Å². The molecule has 0 spiro atoms. The predicted octanol–water partition coefficient (Wildman–Crippen LogP) is 1.66. The monoisotopic (exact) mass is 412 g/mol. The number of carbonyl (C=O) groups is 2. The summed E-state index contributed by atoms with van der Waals surface area (Å²) in [6.45, 7) is 5.43. The third kappa shape index (κ3) is 6.65. The normalized spacial score (nSPS) is 13.0. The lowest BCUT2D eigenvalue weighted by molar-refractivity contribution is -0.144. The lowest BCUT2D eigenvalue weighted by atomic mass is 10.1. The summed E-state index contributed by atoms with van der Waals surface area (Å²) in [6, 6.07) is 4.48. The molecule has 0 saturated heterocycles. The predicted molar refractivity (Wildman–Crippen MR) is 106 cm³/mol. The van der Waals surface area contributed by atoms with Gasteiger partial charge in [0, 0.05) is 26.2 Å². The molecule has 28 heavy (non-hydrogen) atoms. The van der Waals surface area contributed by atoms with Gasteiger partial charge in [-0.2, -0.15) is 0 Å². The Bertz CT molecular complexity index is 831. The number of hydrogen-bond acceptors (Lipinski definition) is 6. The fourth-order valence-electron chi connectivity index (χ4n) is 2.01. The van der Waals surface area contributed by atoms with Crippen molar-refractivity contribution in [2.45, 2.75) is 31.7 Å². The van der Waals surface area contributed by atoms with Gasteiger partial charge in [0.15, 0.2) is 6.61 Å². The molecule has 1 aromatic rings. The second-order valence-corrected chi connectivity index (χ2v) is 8.86. The van der Waals surface area contributed by atoms with Crippen LogP contribution >= 0.6 is 0 Å². The van der Waals surface area contributed by atoms with Gasteiger partial charge in [0.05, 0.1) is 7.11 Å². The quantitative estimate of drug-likeness (QED) is 0.489. The molecule has 9 heteroatoms. The maximum absolute atomic E-state index is 12.4. The van der Waals surface area contributed by atoms with Crippen molar-refractivity contribution in [2.24, 2.45) is 5.92 Å². The van der Waals surface area contributed by atoms with Crippen LogP contribution < -0.4 is 10.1 Å². The van der Waals surface area contributed by atoms with Crippen molar-refractivity contribution >= 4 is 28.0 Å². The van der Waals surface area contributed by atoms with E-state index in [4.69, 9.17) is 9.47 Å². The zero-order valence-electron chi connectivity index (χ0n) is 17.1. The number of rotatable bonds is 9. The summed E-state index contributed by atoms with van der Waals surface area (Å²) in [4.78, 5) is 23.5. The van der Waals surface area contributed by atoms with Crippen LogP contribution in [0.1, 0.15) is 26.3 Å². The van der Waals surface area contributed by atoms with Gasteiger partial charge >= 0.3 is 5.97 Å². The highest BCUT2D eigenvalue weighted by Crippen LogP contribution is 2.27. The molecule has 0 aromatic heterocycles. The Hall–Kier alpha value is -2.39. The van der Waals surface area contributed by atoms with Crippen molar-refractivity contribution < 1.29 is 27.5 Å². The number of benzene rings is 1. The molecule has 0 bridgehead atoms. The van der Waals surface area contributed by atoms with Gasteiger partial charge in [-0.25, -0.2) is 17.5 Å². The molecule has 0 heterocycles. The molecule has 0 unspecified atom stereocenters. The van der Waals surface area contributed by atoms with Crippen LogP contribution in [0.15, 0.2) is 29.2 Å². The van der Waals surface area contributed by atoms with Crippen molar-refractivity contribution in [3.8, 4) is 5.75 Å². The van der Waals surface area contributed by atoms with E-state index in [-0.39, 0.29) is 35.1 Å². The van der Waals surface area contributed by atoms with E-state index in [0.717, 1.165) is 10.4 Å². The van der Waals surface area contributed by atoms with Crippen LogP contribution in [0.3, 0.4) is 0 Å². The largest absolute Gasteiger partial charge is 0.495 e. The first-order valence-corrected chi connectivity index (χ1v) is 10.2. The van der Waals surface area contributed by atoms with Crippen LogP contribution in [-0.2, 0) is 24.3 Å². The van der Waals surface area contributed by atoms with Crippen LogP contribution in [0.25, 0.3) is 6.08 Å². The van der Waals surface area contributed by atoms with Gasteiger partial charge in [0.25, 0.3) is 5.91 Å². The van der Waals surface area contributed by atoms with E-state index in [0.29, 0.717) is 5.56 Å². The number of esters is 1. The van der Waals surface area contributed by atoms with Gasteiger partial charge in [0.1, 0.15) is 10.6 Å². The van der Waals surface area contributed by atoms with E-state index in [2.05, 4.69) is 5.32 Å². The molecule has 1 rings (SSSR count). The number of carbonyl (C=O) groups excluding carboxylic acids is 2. The number of ether oxygens (including phenoxy) is 2. The van der Waals surface area contributed by atoms with Crippen molar-refractivity contribution in [1.82, 2.24) is 9.62 Å². The SMILES string of the molecule is COc1ccc(/C=C/C(=O)OCC(=O)N[C@@H](C)C(C)C)cc1S(=O)(=O)N(C)C. The fourth-order valence-corrected chi connectivity index (χ4v) is 3.09. The molecule has 1 N–H and O–H groups in total. The summed E-state index contributed by atoms with van der Waals surface area (Å²) in [5.41, 5.74) is 0.469. The number of nitrogens with one attached hydrogen (secondary N) is 1. The number of sulfonamides is 1. The minimum atomic E-state index is -3.72. The average Bonchev–Trinajstić information content (AvgIpc) is 2.64. The molecule has 0 radical (unpaired) electrons. The maximum Gasteiger partial charge on any atom is 0.331 e. The minimum absolute atomic E-state index is 0.0161. The summed E-state index contributed by atoms with van der Waals surface area (Å²) in [5.74, 6) is -0.626. The third-order valence-electron chi connectivity index (χ3n) is 4.09. The molecule has 0 aliphatic rings. The first-order valence-electron chi connectivity index (χ1n) is 8.73. The Balaban J connectivity index is 2.81. The average molecular weight is 413 g/mol. The first kappa shape index (κ1) is 23.6. The standard InChI is InChI=1S/C19H28N2O6S/c1-13(2)14(3)20-18(22)12-27-19(23)10-8-15-7-9-16(26-6)17(11-15)28(24,25)21(4)5/h7-11,13-14H,12H2,1-6H3,(H,20,22)/b10-8+/t14-/m0/s1. The van der Waals surface area contributed by atoms with Crippen LogP contribution in [0.4, 0.5) is 0 Å². The van der Waals surface area contributed by atoms with E-state index in [1.807, 2.05) is 20.8 Å². The van der Waals surface area contributed by atoms with Gasteiger partial charge < -0.3 is 14.8 Å². The highest BCUT2D eigenvalue weighted by molar-refractivity contribution is 7.89. The van der Waals surface area contributed by atoms with Gasteiger partial charge in [-0.15, -0.1) is 0 Å². The number of methoxy groups -OCH3 is 1. The molecule has 8 nitrogen and oxygen atoms in total. The molecule has 156 valence electrons. The van der Waals surface area contributed by atoms with Crippen molar-refractivity contribution in [3.63, 3.8) is 0 Å². The van der Waals surface area contributed by atoms with E-state index < -0.39 is 16.0 Å². The van der Waals surface area contributed by atoms with Gasteiger partial charge in [0.2, 0.25) is 10.0 Å². The smallest absolute Gasteiger partial charge is 0.331 e. The number of hydrogen-bond donors (Lipinski definition) is 1. The molecule has 1 atom stereocenters. The number of amides is 1. The van der Waals surface area contributed by atoms with Crippen molar-refractivity contribution in [1.29, 1.82) is 0 Å². The lowest BCUT2D eigenvalue weighted by Gasteiger charge is -2.17. The second kappa shape index (κ2) is 10.2.